The summed E-state index contributed by atoms with van der Waals surface area (Å²) >= 11 is 12.0. The van der Waals surface area contributed by atoms with Crippen LogP contribution in [-0.4, -0.2) is 46.0 Å². The van der Waals surface area contributed by atoms with E-state index in [1.807, 2.05) is 24.3 Å². The standard InChI is InChI=1S/C17H18Cl2N2O3S/c1-24-16-6-5-14(19)12-17(16)25(22,23)21-9-7-20(8-10-21)15-4-2-3-13(18)11-15/h2-6,11-12H,7-10H2,1H3. The molecule has 2 aromatic rings. The molecule has 0 spiro atoms. The summed E-state index contributed by atoms with van der Waals surface area (Å²) in [6.07, 6.45) is 0. The van der Waals surface area contributed by atoms with Crippen LogP contribution >= 0.6 is 23.2 Å². The van der Waals surface area contributed by atoms with E-state index in [0.717, 1.165) is 5.69 Å². The predicted octanol–water partition coefficient (Wildman–Crippen LogP) is 3.51. The van der Waals surface area contributed by atoms with E-state index in [1.165, 1.54) is 17.5 Å². The van der Waals surface area contributed by atoms with Gasteiger partial charge in [0.15, 0.2) is 0 Å². The van der Waals surface area contributed by atoms with Crippen molar-refractivity contribution in [3.8, 4) is 5.75 Å². The number of hydrogen-bond acceptors (Lipinski definition) is 4. The van der Waals surface area contributed by atoms with Crippen molar-refractivity contribution in [1.29, 1.82) is 0 Å². The van der Waals surface area contributed by atoms with Crippen molar-refractivity contribution in [3.05, 3.63) is 52.5 Å². The van der Waals surface area contributed by atoms with Crippen molar-refractivity contribution in [2.45, 2.75) is 4.90 Å². The van der Waals surface area contributed by atoms with Gasteiger partial charge in [-0.05, 0) is 36.4 Å². The summed E-state index contributed by atoms with van der Waals surface area (Å²) in [5, 5.41) is 1.02. The SMILES string of the molecule is COc1ccc(Cl)cc1S(=O)(=O)N1CCN(c2cccc(Cl)c2)CC1. The van der Waals surface area contributed by atoms with Crippen LogP contribution in [-0.2, 0) is 10.0 Å². The van der Waals surface area contributed by atoms with Gasteiger partial charge in [0, 0.05) is 41.9 Å². The Kier molecular flexibility index (Phi) is 5.43. The molecule has 0 saturated carbocycles. The number of halogens is 2. The van der Waals surface area contributed by atoms with E-state index in [4.69, 9.17) is 27.9 Å². The molecular formula is C17H18Cl2N2O3S. The molecule has 25 heavy (non-hydrogen) atoms. The molecule has 0 atom stereocenters. The third kappa shape index (κ3) is 3.87. The summed E-state index contributed by atoms with van der Waals surface area (Å²) in [6, 6.07) is 12.2. The molecule has 2 aromatic carbocycles. The summed E-state index contributed by atoms with van der Waals surface area (Å²) in [6.45, 7) is 1.93. The molecule has 0 radical (unpaired) electrons. The molecule has 0 aliphatic carbocycles. The van der Waals surface area contributed by atoms with Gasteiger partial charge in [0.1, 0.15) is 10.6 Å². The molecule has 3 rings (SSSR count). The van der Waals surface area contributed by atoms with Gasteiger partial charge in [-0.2, -0.15) is 4.31 Å². The molecule has 1 fully saturated rings. The van der Waals surface area contributed by atoms with Gasteiger partial charge >= 0.3 is 0 Å². The highest BCUT2D eigenvalue weighted by molar-refractivity contribution is 7.89. The molecule has 1 saturated heterocycles. The fraction of sp³-hybridized carbons (Fsp3) is 0.294. The zero-order chi connectivity index (χ0) is 18.0. The monoisotopic (exact) mass is 400 g/mol. The van der Waals surface area contributed by atoms with E-state index < -0.39 is 10.0 Å². The van der Waals surface area contributed by atoms with Crippen molar-refractivity contribution in [2.75, 3.05) is 38.2 Å². The fourth-order valence-corrected chi connectivity index (χ4v) is 4.88. The number of rotatable bonds is 4. The van der Waals surface area contributed by atoms with E-state index >= 15 is 0 Å². The van der Waals surface area contributed by atoms with Gasteiger partial charge in [0.2, 0.25) is 10.0 Å². The van der Waals surface area contributed by atoms with E-state index in [2.05, 4.69) is 4.90 Å². The summed E-state index contributed by atoms with van der Waals surface area (Å²) in [5.74, 6) is 0.293. The minimum absolute atomic E-state index is 0.0960. The van der Waals surface area contributed by atoms with Crippen LogP contribution in [0.3, 0.4) is 0 Å². The first-order chi connectivity index (χ1) is 11.9. The summed E-state index contributed by atoms with van der Waals surface area (Å²) < 4.78 is 32.6. The van der Waals surface area contributed by atoms with E-state index in [0.29, 0.717) is 42.0 Å². The van der Waals surface area contributed by atoms with E-state index in [1.54, 1.807) is 12.1 Å². The third-order valence-electron chi connectivity index (χ3n) is 4.16. The van der Waals surface area contributed by atoms with Crippen LogP contribution in [0, 0.1) is 0 Å². The van der Waals surface area contributed by atoms with Crippen molar-refractivity contribution in [3.63, 3.8) is 0 Å². The molecule has 1 aliphatic rings. The molecule has 8 heteroatoms. The highest BCUT2D eigenvalue weighted by Gasteiger charge is 2.31. The number of piperazine rings is 1. The van der Waals surface area contributed by atoms with Crippen molar-refractivity contribution < 1.29 is 13.2 Å². The topological polar surface area (TPSA) is 49.9 Å². The quantitative estimate of drug-likeness (QED) is 0.787. The second-order valence-electron chi connectivity index (χ2n) is 5.67. The molecule has 1 heterocycles. The minimum atomic E-state index is -3.67. The lowest BCUT2D eigenvalue weighted by Gasteiger charge is -2.35. The first-order valence-electron chi connectivity index (χ1n) is 7.76. The lowest BCUT2D eigenvalue weighted by molar-refractivity contribution is 0.374. The van der Waals surface area contributed by atoms with Gasteiger partial charge in [-0.3, -0.25) is 0 Å². The molecule has 0 bridgehead atoms. The van der Waals surface area contributed by atoms with Gasteiger partial charge in [0.25, 0.3) is 0 Å². The molecule has 1 aliphatic heterocycles. The Morgan fingerprint density at radius 1 is 0.960 bits per heavy atom. The number of hydrogen-bond donors (Lipinski definition) is 0. The molecule has 134 valence electrons. The Morgan fingerprint density at radius 3 is 2.28 bits per heavy atom. The van der Waals surface area contributed by atoms with Crippen LogP contribution in [0.2, 0.25) is 10.0 Å². The Bertz CT molecular complexity index is 866. The van der Waals surface area contributed by atoms with Crippen LogP contribution in [0.15, 0.2) is 47.4 Å². The van der Waals surface area contributed by atoms with Gasteiger partial charge < -0.3 is 9.64 Å². The number of benzene rings is 2. The maximum Gasteiger partial charge on any atom is 0.246 e. The van der Waals surface area contributed by atoms with Gasteiger partial charge in [-0.25, -0.2) is 8.42 Å². The third-order valence-corrected chi connectivity index (χ3v) is 6.55. The number of ether oxygens (including phenoxy) is 1. The number of anilines is 1. The first-order valence-corrected chi connectivity index (χ1v) is 9.95. The maximum atomic E-state index is 13.0. The predicted molar refractivity (Wildman–Crippen MR) is 100 cm³/mol. The lowest BCUT2D eigenvalue weighted by Crippen LogP contribution is -2.48. The Hall–Kier alpha value is -1.47. The second kappa shape index (κ2) is 7.41. The summed E-state index contributed by atoms with van der Waals surface area (Å²) in [7, 11) is -2.23. The maximum absolute atomic E-state index is 13.0. The average Bonchev–Trinajstić information content (AvgIpc) is 2.62. The molecule has 0 aromatic heterocycles. The van der Waals surface area contributed by atoms with Gasteiger partial charge in [-0.1, -0.05) is 29.3 Å². The Labute approximate surface area is 157 Å². The Morgan fingerprint density at radius 2 is 1.64 bits per heavy atom. The average molecular weight is 401 g/mol. The lowest BCUT2D eigenvalue weighted by atomic mass is 10.2. The molecule has 0 N–H and O–H groups in total. The fourth-order valence-electron chi connectivity index (χ4n) is 2.85. The van der Waals surface area contributed by atoms with Crippen molar-refractivity contribution >= 4 is 38.9 Å². The molecule has 5 nitrogen and oxygen atoms in total. The Balaban J connectivity index is 1.79. The zero-order valence-corrected chi connectivity index (χ0v) is 16.0. The summed E-state index contributed by atoms with van der Waals surface area (Å²) in [4.78, 5) is 2.21. The van der Waals surface area contributed by atoms with Gasteiger partial charge in [-0.15, -0.1) is 0 Å². The van der Waals surface area contributed by atoms with Crippen LogP contribution in [0.25, 0.3) is 0 Å². The smallest absolute Gasteiger partial charge is 0.246 e. The number of methoxy groups -OCH3 is 1. The molecular weight excluding hydrogens is 383 g/mol. The largest absolute Gasteiger partial charge is 0.495 e. The van der Waals surface area contributed by atoms with Crippen molar-refractivity contribution in [1.82, 2.24) is 4.31 Å². The zero-order valence-electron chi connectivity index (χ0n) is 13.7. The van der Waals surface area contributed by atoms with E-state index in [-0.39, 0.29) is 4.90 Å². The second-order valence-corrected chi connectivity index (χ2v) is 8.45. The van der Waals surface area contributed by atoms with Crippen LogP contribution in [0.4, 0.5) is 5.69 Å². The minimum Gasteiger partial charge on any atom is -0.495 e. The first kappa shape index (κ1) is 18.3. The summed E-state index contributed by atoms with van der Waals surface area (Å²) in [5.41, 5.74) is 0.991. The highest BCUT2D eigenvalue weighted by Crippen LogP contribution is 2.30. The molecule has 0 unspecified atom stereocenters. The van der Waals surface area contributed by atoms with Gasteiger partial charge in [0.05, 0.1) is 7.11 Å². The molecule has 0 amide bonds. The van der Waals surface area contributed by atoms with E-state index in [9.17, 15) is 8.42 Å². The van der Waals surface area contributed by atoms with Crippen LogP contribution in [0.1, 0.15) is 0 Å². The van der Waals surface area contributed by atoms with Crippen LogP contribution in [0.5, 0.6) is 5.75 Å². The van der Waals surface area contributed by atoms with Crippen molar-refractivity contribution in [2.24, 2.45) is 0 Å². The van der Waals surface area contributed by atoms with Crippen LogP contribution < -0.4 is 9.64 Å². The number of nitrogens with zero attached hydrogens (tertiary/aromatic N) is 2. The highest BCUT2D eigenvalue weighted by atomic mass is 35.5. The normalized spacial score (nSPS) is 16.0. The number of sulfonamides is 1.